The van der Waals surface area contributed by atoms with Gasteiger partial charge < -0.3 is 15.3 Å². The van der Waals surface area contributed by atoms with Crippen molar-refractivity contribution in [3.05, 3.63) is 23.9 Å². The summed E-state index contributed by atoms with van der Waals surface area (Å²) in [6.07, 6.45) is 2.20. The summed E-state index contributed by atoms with van der Waals surface area (Å²) < 4.78 is 4.84. The Balaban J connectivity index is 0. The molecule has 1 rings (SSSR count). The molecule has 0 spiro atoms. The van der Waals surface area contributed by atoms with Gasteiger partial charge in [-0.05, 0) is 5.56 Å². The Bertz CT molecular complexity index is 267. The molecule has 0 saturated heterocycles. The molecular weight excluding hydrogens is 227 g/mol. The third kappa shape index (κ3) is 3.91. The predicted molar refractivity (Wildman–Crippen MR) is 58.3 cm³/mol. The van der Waals surface area contributed by atoms with E-state index < -0.39 is 6.04 Å². The van der Waals surface area contributed by atoms with Gasteiger partial charge in [0, 0.05) is 12.3 Å². The smallest absolute Gasteiger partial charge is 0.212 e. The number of carbonyl (C=O) groups excluding carboxylic acids is 1. The Kier molecular flexibility index (Phi) is 8.43. The molecule has 0 amide bonds. The normalized spacial score (nSPS) is 10.4. The van der Waals surface area contributed by atoms with Crippen LogP contribution in [0.1, 0.15) is 11.6 Å². The molecule has 1 unspecified atom stereocenters. The number of nitrogens with zero attached hydrogens (tertiary/aromatic N) is 1. The number of pyridine rings is 1. The zero-order chi connectivity index (χ0) is 8.97. The SMILES string of the molecule is COc1ccc(C(N)C=O)cn1.Cl.Cl. The third-order valence-electron chi connectivity index (χ3n) is 1.50. The molecule has 0 bridgehead atoms. The standard InChI is InChI=1S/C8H10N2O2.2ClH/c1-12-8-3-2-6(4-10-8)7(9)5-11;;/h2-5,7H,9H2,1H3;2*1H. The average molecular weight is 239 g/mol. The van der Waals surface area contributed by atoms with E-state index >= 15 is 0 Å². The summed E-state index contributed by atoms with van der Waals surface area (Å²) >= 11 is 0. The van der Waals surface area contributed by atoms with Crippen molar-refractivity contribution >= 4 is 31.1 Å². The first kappa shape index (κ1) is 15.6. The number of hydrogen-bond acceptors (Lipinski definition) is 4. The summed E-state index contributed by atoms with van der Waals surface area (Å²) in [5.74, 6) is 0.511. The molecule has 0 radical (unpaired) electrons. The Morgan fingerprint density at radius 3 is 2.50 bits per heavy atom. The van der Waals surface area contributed by atoms with E-state index in [1.807, 2.05) is 0 Å². The number of rotatable bonds is 3. The van der Waals surface area contributed by atoms with Crippen LogP contribution in [0.3, 0.4) is 0 Å². The lowest BCUT2D eigenvalue weighted by Crippen LogP contribution is -2.11. The first-order valence-electron chi connectivity index (χ1n) is 3.48. The molecule has 1 heterocycles. The molecule has 6 heteroatoms. The van der Waals surface area contributed by atoms with Gasteiger partial charge in [-0.3, -0.25) is 0 Å². The lowest BCUT2D eigenvalue weighted by molar-refractivity contribution is -0.109. The van der Waals surface area contributed by atoms with Crippen LogP contribution in [-0.4, -0.2) is 18.4 Å². The van der Waals surface area contributed by atoms with Gasteiger partial charge >= 0.3 is 0 Å². The average Bonchev–Trinajstić information content (AvgIpc) is 2.17. The van der Waals surface area contributed by atoms with Crippen LogP contribution in [0.4, 0.5) is 0 Å². The maximum Gasteiger partial charge on any atom is 0.212 e. The number of aldehydes is 1. The number of nitrogens with two attached hydrogens (primary N) is 1. The first-order chi connectivity index (χ1) is 5.77. The summed E-state index contributed by atoms with van der Waals surface area (Å²) in [6, 6.07) is 2.78. The highest BCUT2D eigenvalue weighted by atomic mass is 35.5. The molecule has 0 aliphatic rings. The number of methoxy groups -OCH3 is 1. The first-order valence-corrected chi connectivity index (χ1v) is 3.48. The lowest BCUT2D eigenvalue weighted by Gasteiger charge is -2.03. The molecule has 4 nitrogen and oxygen atoms in total. The molecule has 1 aromatic rings. The summed E-state index contributed by atoms with van der Waals surface area (Å²) in [6.45, 7) is 0. The van der Waals surface area contributed by atoms with Gasteiger partial charge in [0.2, 0.25) is 5.88 Å². The zero-order valence-electron chi connectivity index (χ0n) is 7.54. The number of carbonyl (C=O) groups is 1. The molecule has 0 fully saturated rings. The Morgan fingerprint density at radius 1 is 1.50 bits per heavy atom. The fourth-order valence-electron chi connectivity index (χ4n) is 0.788. The van der Waals surface area contributed by atoms with Gasteiger partial charge in [-0.1, -0.05) is 6.07 Å². The van der Waals surface area contributed by atoms with Crippen LogP contribution in [0.5, 0.6) is 5.88 Å². The molecule has 80 valence electrons. The van der Waals surface area contributed by atoms with E-state index in [9.17, 15) is 4.79 Å². The van der Waals surface area contributed by atoms with Gasteiger partial charge in [0.25, 0.3) is 0 Å². The van der Waals surface area contributed by atoms with Crippen LogP contribution in [-0.2, 0) is 4.79 Å². The van der Waals surface area contributed by atoms with Gasteiger partial charge in [-0.2, -0.15) is 0 Å². The molecule has 0 aromatic carbocycles. The van der Waals surface area contributed by atoms with Gasteiger partial charge in [-0.25, -0.2) is 4.98 Å². The van der Waals surface area contributed by atoms with Crippen molar-refractivity contribution in [1.29, 1.82) is 0 Å². The van der Waals surface area contributed by atoms with E-state index in [0.717, 1.165) is 0 Å². The van der Waals surface area contributed by atoms with Crippen LogP contribution >= 0.6 is 24.8 Å². The van der Waals surface area contributed by atoms with Crippen LogP contribution in [0, 0.1) is 0 Å². The van der Waals surface area contributed by atoms with Crippen molar-refractivity contribution in [2.24, 2.45) is 5.73 Å². The van der Waals surface area contributed by atoms with E-state index in [2.05, 4.69) is 4.98 Å². The maximum absolute atomic E-state index is 10.3. The topological polar surface area (TPSA) is 65.2 Å². The van der Waals surface area contributed by atoms with Crippen LogP contribution < -0.4 is 10.5 Å². The molecule has 0 aliphatic heterocycles. The van der Waals surface area contributed by atoms with Gasteiger partial charge in [0.1, 0.15) is 6.29 Å². The minimum absolute atomic E-state index is 0. The minimum Gasteiger partial charge on any atom is -0.481 e. The monoisotopic (exact) mass is 238 g/mol. The van der Waals surface area contributed by atoms with E-state index in [4.69, 9.17) is 10.5 Å². The molecule has 0 saturated carbocycles. The van der Waals surface area contributed by atoms with E-state index in [-0.39, 0.29) is 24.8 Å². The highest BCUT2D eigenvalue weighted by molar-refractivity contribution is 5.85. The summed E-state index contributed by atoms with van der Waals surface area (Å²) in [5.41, 5.74) is 6.12. The number of halogens is 2. The summed E-state index contributed by atoms with van der Waals surface area (Å²) in [5, 5.41) is 0. The molecule has 1 aromatic heterocycles. The van der Waals surface area contributed by atoms with Gasteiger partial charge in [-0.15, -0.1) is 24.8 Å². The van der Waals surface area contributed by atoms with E-state index in [1.54, 1.807) is 12.1 Å². The van der Waals surface area contributed by atoms with Crippen molar-refractivity contribution in [2.45, 2.75) is 6.04 Å². The van der Waals surface area contributed by atoms with Crippen LogP contribution in [0.2, 0.25) is 0 Å². The third-order valence-corrected chi connectivity index (χ3v) is 1.50. The zero-order valence-corrected chi connectivity index (χ0v) is 9.18. The second-order valence-corrected chi connectivity index (χ2v) is 2.30. The second kappa shape index (κ2) is 7.55. The van der Waals surface area contributed by atoms with Gasteiger partial charge in [0.15, 0.2) is 0 Å². The Hall–Kier alpha value is -0.840. The second-order valence-electron chi connectivity index (χ2n) is 2.30. The number of aromatic nitrogens is 1. The van der Waals surface area contributed by atoms with Crippen molar-refractivity contribution in [3.8, 4) is 5.88 Å². The van der Waals surface area contributed by atoms with Crippen molar-refractivity contribution in [3.63, 3.8) is 0 Å². The van der Waals surface area contributed by atoms with Crippen LogP contribution in [0.25, 0.3) is 0 Å². The van der Waals surface area contributed by atoms with Crippen molar-refractivity contribution < 1.29 is 9.53 Å². The largest absolute Gasteiger partial charge is 0.481 e. The Labute approximate surface area is 94.7 Å². The molecule has 0 aliphatic carbocycles. The van der Waals surface area contributed by atoms with E-state index in [0.29, 0.717) is 17.7 Å². The molecule has 1 atom stereocenters. The fourth-order valence-corrected chi connectivity index (χ4v) is 0.788. The van der Waals surface area contributed by atoms with Crippen LogP contribution in [0.15, 0.2) is 18.3 Å². The highest BCUT2D eigenvalue weighted by Crippen LogP contribution is 2.10. The summed E-state index contributed by atoms with van der Waals surface area (Å²) in [7, 11) is 1.53. The molecular formula is C8H12Cl2N2O2. The maximum atomic E-state index is 10.3. The highest BCUT2D eigenvalue weighted by Gasteiger charge is 2.03. The fraction of sp³-hybridized carbons (Fsp3) is 0.250. The number of ether oxygens (including phenoxy) is 1. The minimum atomic E-state index is -0.594. The molecule has 14 heavy (non-hydrogen) atoms. The quantitative estimate of drug-likeness (QED) is 0.803. The van der Waals surface area contributed by atoms with Gasteiger partial charge in [0.05, 0.1) is 13.2 Å². The Morgan fingerprint density at radius 2 is 2.14 bits per heavy atom. The van der Waals surface area contributed by atoms with Crippen molar-refractivity contribution in [1.82, 2.24) is 4.98 Å². The number of hydrogen-bond donors (Lipinski definition) is 1. The van der Waals surface area contributed by atoms with E-state index in [1.165, 1.54) is 13.3 Å². The predicted octanol–water partition coefficient (Wildman–Crippen LogP) is 1.13. The molecule has 2 N–H and O–H groups in total. The summed E-state index contributed by atoms with van der Waals surface area (Å²) in [4.78, 5) is 14.2. The lowest BCUT2D eigenvalue weighted by atomic mass is 10.1. The van der Waals surface area contributed by atoms with Crippen molar-refractivity contribution in [2.75, 3.05) is 7.11 Å².